The molecule has 1 unspecified atom stereocenters. The summed E-state index contributed by atoms with van der Waals surface area (Å²) in [5.41, 5.74) is 5.51. The van der Waals surface area contributed by atoms with E-state index in [4.69, 9.17) is 10.8 Å². The molecule has 3 N–H and O–H groups in total. The van der Waals surface area contributed by atoms with Gasteiger partial charge in [0, 0.05) is 12.0 Å². The van der Waals surface area contributed by atoms with Crippen LogP contribution in [0.3, 0.4) is 0 Å². The Morgan fingerprint density at radius 3 is 2.15 bits per heavy atom. The minimum atomic E-state index is -0.760. The van der Waals surface area contributed by atoms with Crippen LogP contribution < -0.4 is 5.73 Å². The van der Waals surface area contributed by atoms with Crippen molar-refractivity contribution >= 4 is 5.97 Å². The van der Waals surface area contributed by atoms with Crippen molar-refractivity contribution in [3.05, 3.63) is 0 Å². The van der Waals surface area contributed by atoms with Gasteiger partial charge in [-0.1, -0.05) is 13.8 Å². The monoisotopic (exact) mass is 187 g/mol. The third-order valence-electron chi connectivity index (χ3n) is 2.23. The van der Waals surface area contributed by atoms with Crippen LogP contribution in [0.2, 0.25) is 0 Å². The van der Waals surface area contributed by atoms with Gasteiger partial charge < -0.3 is 10.8 Å². The highest BCUT2D eigenvalue weighted by Gasteiger charge is 2.27. The van der Waals surface area contributed by atoms with Crippen LogP contribution in [-0.2, 0) is 4.79 Å². The maximum atomic E-state index is 10.6. The molecule has 0 spiro atoms. The summed E-state index contributed by atoms with van der Waals surface area (Å²) in [6.07, 6.45) is 1.04. The van der Waals surface area contributed by atoms with Gasteiger partial charge in [0.1, 0.15) is 0 Å². The highest BCUT2D eigenvalue weighted by atomic mass is 16.4. The maximum Gasteiger partial charge on any atom is 0.303 e. The van der Waals surface area contributed by atoms with Crippen LogP contribution in [0.15, 0.2) is 0 Å². The zero-order chi connectivity index (χ0) is 10.6. The average molecular weight is 187 g/mol. The van der Waals surface area contributed by atoms with Crippen molar-refractivity contribution in [3.8, 4) is 0 Å². The molecule has 13 heavy (non-hydrogen) atoms. The predicted molar refractivity (Wildman–Crippen MR) is 53.5 cm³/mol. The van der Waals surface area contributed by atoms with E-state index >= 15 is 0 Å². The average Bonchev–Trinajstić information content (AvgIpc) is 1.81. The van der Waals surface area contributed by atoms with Crippen LogP contribution >= 0.6 is 0 Å². The Hall–Kier alpha value is -0.570. The van der Waals surface area contributed by atoms with Gasteiger partial charge in [-0.15, -0.1) is 0 Å². The predicted octanol–water partition coefficient (Wildman–Crippen LogP) is 1.86. The van der Waals surface area contributed by atoms with E-state index in [9.17, 15) is 4.79 Å². The van der Waals surface area contributed by atoms with Crippen molar-refractivity contribution < 1.29 is 9.90 Å². The fraction of sp³-hybridized carbons (Fsp3) is 0.900. The van der Waals surface area contributed by atoms with Gasteiger partial charge in [0.15, 0.2) is 0 Å². The second kappa shape index (κ2) is 4.61. The SMILES string of the molecule is CC(C)CC(CC(=O)O)C(C)(C)N. The summed E-state index contributed by atoms with van der Waals surface area (Å²) in [6, 6.07) is 0. The number of rotatable bonds is 5. The number of aliphatic carboxylic acids is 1. The molecule has 0 saturated heterocycles. The zero-order valence-corrected chi connectivity index (χ0v) is 9.00. The Balaban J connectivity index is 4.28. The number of hydrogen-bond donors (Lipinski definition) is 2. The molecule has 0 fully saturated rings. The van der Waals surface area contributed by atoms with Crippen molar-refractivity contribution in [1.29, 1.82) is 0 Å². The lowest BCUT2D eigenvalue weighted by Gasteiger charge is -2.30. The van der Waals surface area contributed by atoms with Crippen LogP contribution in [0.5, 0.6) is 0 Å². The molecule has 0 aromatic heterocycles. The van der Waals surface area contributed by atoms with Crippen molar-refractivity contribution in [2.24, 2.45) is 17.6 Å². The lowest BCUT2D eigenvalue weighted by molar-refractivity contribution is -0.138. The number of hydrogen-bond acceptors (Lipinski definition) is 2. The molecule has 0 saturated carbocycles. The smallest absolute Gasteiger partial charge is 0.303 e. The van der Waals surface area contributed by atoms with Crippen molar-refractivity contribution in [2.75, 3.05) is 0 Å². The number of carboxylic acid groups (broad SMARTS) is 1. The first kappa shape index (κ1) is 12.4. The molecule has 0 aromatic carbocycles. The normalized spacial score (nSPS) is 14.6. The van der Waals surface area contributed by atoms with Gasteiger partial charge in [-0.25, -0.2) is 0 Å². The van der Waals surface area contributed by atoms with Crippen LogP contribution in [0.4, 0.5) is 0 Å². The summed E-state index contributed by atoms with van der Waals surface area (Å²) in [5, 5.41) is 8.70. The third kappa shape index (κ3) is 5.64. The summed E-state index contributed by atoms with van der Waals surface area (Å²) in [6.45, 7) is 7.95. The van der Waals surface area contributed by atoms with Gasteiger partial charge in [0.25, 0.3) is 0 Å². The molecule has 3 nitrogen and oxygen atoms in total. The number of carbonyl (C=O) groups is 1. The second-order valence-electron chi connectivity index (χ2n) is 4.75. The van der Waals surface area contributed by atoms with Gasteiger partial charge in [-0.2, -0.15) is 0 Å². The Bertz CT molecular complexity index is 170. The lowest BCUT2D eigenvalue weighted by atomic mass is 9.80. The molecule has 0 radical (unpaired) electrons. The summed E-state index contributed by atoms with van der Waals surface area (Å²) in [5.74, 6) is -0.207. The summed E-state index contributed by atoms with van der Waals surface area (Å²) in [7, 11) is 0. The van der Waals surface area contributed by atoms with Gasteiger partial charge in [-0.3, -0.25) is 4.79 Å². The van der Waals surface area contributed by atoms with Crippen LogP contribution in [0.25, 0.3) is 0 Å². The first-order chi connectivity index (χ1) is 5.73. The molecule has 0 rings (SSSR count). The second-order valence-corrected chi connectivity index (χ2v) is 4.75. The minimum absolute atomic E-state index is 0.0602. The molecule has 0 amide bonds. The largest absolute Gasteiger partial charge is 0.481 e. The molecular weight excluding hydrogens is 166 g/mol. The Morgan fingerprint density at radius 2 is 1.92 bits per heavy atom. The standard InChI is InChI=1S/C10H21NO2/c1-7(2)5-8(6-9(12)13)10(3,4)11/h7-8H,5-6,11H2,1-4H3,(H,12,13). The van der Waals surface area contributed by atoms with E-state index in [0.717, 1.165) is 6.42 Å². The van der Waals surface area contributed by atoms with Gasteiger partial charge >= 0.3 is 5.97 Å². The maximum absolute atomic E-state index is 10.6. The quantitative estimate of drug-likeness (QED) is 0.690. The minimum Gasteiger partial charge on any atom is -0.481 e. The molecule has 0 bridgehead atoms. The van der Waals surface area contributed by atoms with Crippen LogP contribution in [-0.4, -0.2) is 16.6 Å². The van der Waals surface area contributed by atoms with Gasteiger partial charge in [0.2, 0.25) is 0 Å². The summed E-state index contributed by atoms with van der Waals surface area (Å²) < 4.78 is 0. The molecule has 0 heterocycles. The lowest BCUT2D eigenvalue weighted by Crippen LogP contribution is -2.42. The fourth-order valence-electron chi connectivity index (χ4n) is 1.43. The highest BCUT2D eigenvalue weighted by molar-refractivity contribution is 5.67. The Labute approximate surface area is 80.3 Å². The van der Waals surface area contributed by atoms with Gasteiger partial charge in [-0.05, 0) is 32.1 Å². The van der Waals surface area contributed by atoms with E-state index in [1.165, 1.54) is 0 Å². The molecule has 0 aliphatic heterocycles. The number of carboxylic acids is 1. The van der Waals surface area contributed by atoms with Crippen molar-refractivity contribution in [3.63, 3.8) is 0 Å². The first-order valence-corrected chi connectivity index (χ1v) is 4.74. The van der Waals surface area contributed by atoms with E-state index in [2.05, 4.69) is 13.8 Å². The molecule has 78 valence electrons. The van der Waals surface area contributed by atoms with E-state index in [1.807, 2.05) is 13.8 Å². The molecule has 0 aromatic rings. The van der Waals surface area contributed by atoms with E-state index in [0.29, 0.717) is 5.92 Å². The van der Waals surface area contributed by atoms with Gasteiger partial charge in [0.05, 0.1) is 0 Å². The van der Waals surface area contributed by atoms with E-state index < -0.39 is 11.5 Å². The Kier molecular flexibility index (Phi) is 4.40. The fourth-order valence-corrected chi connectivity index (χ4v) is 1.43. The van der Waals surface area contributed by atoms with E-state index in [-0.39, 0.29) is 12.3 Å². The van der Waals surface area contributed by atoms with E-state index in [1.54, 1.807) is 0 Å². The van der Waals surface area contributed by atoms with Crippen molar-refractivity contribution in [1.82, 2.24) is 0 Å². The zero-order valence-electron chi connectivity index (χ0n) is 9.00. The van der Waals surface area contributed by atoms with Crippen molar-refractivity contribution in [2.45, 2.75) is 46.1 Å². The third-order valence-corrected chi connectivity index (χ3v) is 2.23. The summed E-state index contributed by atoms with van der Waals surface area (Å²) in [4.78, 5) is 10.6. The molecule has 0 aliphatic carbocycles. The van der Waals surface area contributed by atoms with Crippen LogP contribution in [0, 0.1) is 11.8 Å². The molecular formula is C10H21NO2. The number of nitrogens with two attached hydrogens (primary N) is 1. The summed E-state index contributed by atoms with van der Waals surface area (Å²) >= 11 is 0. The van der Waals surface area contributed by atoms with Crippen LogP contribution in [0.1, 0.15) is 40.5 Å². The molecule has 1 atom stereocenters. The molecule has 0 aliphatic rings. The highest BCUT2D eigenvalue weighted by Crippen LogP contribution is 2.25. The Morgan fingerprint density at radius 1 is 1.46 bits per heavy atom. The topological polar surface area (TPSA) is 63.3 Å². The molecule has 3 heteroatoms. The first-order valence-electron chi connectivity index (χ1n) is 4.74.